The minimum Gasteiger partial charge on any atom is -0.454 e. The van der Waals surface area contributed by atoms with Gasteiger partial charge in [0.15, 0.2) is 11.5 Å². The average molecular weight is 314 g/mol. The third-order valence-electron chi connectivity index (χ3n) is 3.35. The predicted octanol–water partition coefficient (Wildman–Crippen LogP) is 2.48. The summed E-state index contributed by atoms with van der Waals surface area (Å²) in [4.78, 5) is 20.2. The molecular weight excluding hydrogens is 296 g/mol. The SMILES string of the molecule is CCCCNC(=O)c1cnc(Nc2ccc3c(c2)OCO3)cn1. The number of rotatable bonds is 6. The Labute approximate surface area is 134 Å². The van der Waals surface area contributed by atoms with E-state index in [2.05, 4.69) is 27.5 Å². The maximum Gasteiger partial charge on any atom is 0.271 e. The van der Waals surface area contributed by atoms with E-state index in [-0.39, 0.29) is 12.7 Å². The monoisotopic (exact) mass is 314 g/mol. The maximum atomic E-state index is 11.9. The molecule has 0 bridgehead atoms. The van der Waals surface area contributed by atoms with Crippen LogP contribution in [0.1, 0.15) is 30.3 Å². The maximum absolute atomic E-state index is 11.9. The zero-order valence-electron chi connectivity index (χ0n) is 12.8. The molecule has 0 radical (unpaired) electrons. The van der Waals surface area contributed by atoms with Crippen LogP contribution in [0.25, 0.3) is 0 Å². The molecule has 1 aliphatic rings. The number of hydrogen-bond donors (Lipinski definition) is 2. The van der Waals surface area contributed by atoms with Crippen LogP contribution in [0.2, 0.25) is 0 Å². The topological polar surface area (TPSA) is 85.4 Å². The van der Waals surface area contributed by atoms with Gasteiger partial charge in [0.1, 0.15) is 11.5 Å². The van der Waals surface area contributed by atoms with Gasteiger partial charge in [-0.3, -0.25) is 4.79 Å². The van der Waals surface area contributed by atoms with Crippen molar-refractivity contribution in [1.29, 1.82) is 0 Å². The van der Waals surface area contributed by atoms with Crippen LogP contribution in [0.5, 0.6) is 11.5 Å². The van der Waals surface area contributed by atoms with Crippen LogP contribution in [0.4, 0.5) is 11.5 Å². The second kappa shape index (κ2) is 6.95. The molecule has 1 aromatic carbocycles. The van der Waals surface area contributed by atoms with Crippen LogP contribution in [0.3, 0.4) is 0 Å². The second-order valence-corrected chi connectivity index (χ2v) is 5.09. The quantitative estimate of drug-likeness (QED) is 0.797. The molecule has 23 heavy (non-hydrogen) atoms. The predicted molar refractivity (Wildman–Crippen MR) is 85.1 cm³/mol. The molecule has 7 nitrogen and oxygen atoms in total. The summed E-state index contributed by atoms with van der Waals surface area (Å²) in [6.45, 7) is 2.96. The van der Waals surface area contributed by atoms with Gasteiger partial charge in [-0.1, -0.05) is 13.3 Å². The number of ether oxygens (including phenoxy) is 2. The lowest BCUT2D eigenvalue weighted by atomic mass is 10.3. The van der Waals surface area contributed by atoms with Crippen molar-refractivity contribution >= 4 is 17.4 Å². The molecule has 2 heterocycles. The van der Waals surface area contributed by atoms with Gasteiger partial charge in [0.25, 0.3) is 5.91 Å². The van der Waals surface area contributed by atoms with Gasteiger partial charge in [-0.15, -0.1) is 0 Å². The van der Waals surface area contributed by atoms with Gasteiger partial charge in [0.2, 0.25) is 6.79 Å². The number of benzene rings is 1. The van der Waals surface area contributed by atoms with Crippen LogP contribution >= 0.6 is 0 Å². The normalized spacial score (nSPS) is 12.0. The number of carbonyl (C=O) groups is 1. The molecule has 1 amide bonds. The van der Waals surface area contributed by atoms with Crippen LogP contribution in [-0.4, -0.2) is 29.2 Å². The first-order valence-electron chi connectivity index (χ1n) is 7.53. The fourth-order valence-corrected chi connectivity index (χ4v) is 2.10. The van der Waals surface area contributed by atoms with Gasteiger partial charge in [-0.05, 0) is 18.6 Å². The third-order valence-corrected chi connectivity index (χ3v) is 3.35. The van der Waals surface area contributed by atoms with E-state index in [4.69, 9.17) is 9.47 Å². The van der Waals surface area contributed by atoms with Gasteiger partial charge < -0.3 is 20.1 Å². The molecule has 0 fully saturated rings. The summed E-state index contributed by atoms with van der Waals surface area (Å²) < 4.78 is 10.6. The zero-order chi connectivity index (χ0) is 16.1. The Balaban J connectivity index is 1.62. The van der Waals surface area contributed by atoms with E-state index in [1.54, 1.807) is 0 Å². The Kier molecular flexibility index (Phi) is 4.56. The highest BCUT2D eigenvalue weighted by atomic mass is 16.7. The first kappa shape index (κ1) is 15.1. The Bertz CT molecular complexity index is 688. The number of nitrogens with one attached hydrogen (secondary N) is 2. The smallest absolute Gasteiger partial charge is 0.271 e. The van der Waals surface area contributed by atoms with E-state index in [0.29, 0.717) is 23.8 Å². The first-order valence-corrected chi connectivity index (χ1v) is 7.53. The lowest BCUT2D eigenvalue weighted by Crippen LogP contribution is -2.25. The van der Waals surface area contributed by atoms with Gasteiger partial charge in [-0.2, -0.15) is 0 Å². The summed E-state index contributed by atoms with van der Waals surface area (Å²) in [5.74, 6) is 1.75. The second-order valence-electron chi connectivity index (χ2n) is 5.09. The molecular formula is C16H18N4O3. The zero-order valence-corrected chi connectivity index (χ0v) is 12.8. The first-order chi connectivity index (χ1) is 11.3. The van der Waals surface area contributed by atoms with E-state index in [0.717, 1.165) is 24.3 Å². The molecule has 7 heteroatoms. The minimum atomic E-state index is -0.208. The standard InChI is InChI=1S/C16H18N4O3/c1-2-3-6-17-16(21)12-8-19-15(9-18-12)20-11-4-5-13-14(7-11)23-10-22-13/h4-5,7-9H,2-3,6,10H2,1H3,(H,17,21)(H,19,20). The fraction of sp³-hybridized carbons (Fsp3) is 0.312. The van der Waals surface area contributed by atoms with Crippen LogP contribution < -0.4 is 20.1 Å². The van der Waals surface area contributed by atoms with Gasteiger partial charge in [0, 0.05) is 18.3 Å². The number of fused-ring (bicyclic) bond motifs is 1. The minimum absolute atomic E-state index is 0.208. The summed E-state index contributed by atoms with van der Waals surface area (Å²) in [6.07, 6.45) is 4.96. The number of hydrogen-bond acceptors (Lipinski definition) is 6. The highest BCUT2D eigenvalue weighted by Gasteiger charge is 2.13. The van der Waals surface area contributed by atoms with Gasteiger partial charge in [-0.25, -0.2) is 9.97 Å². The van der Waals surface area contributed by atoms with Crippen molar-refractivity contribution in [3.63, 3.8) is 0 Å². The summed E-state index contributed by atoms with van der Waals surface area (Å²) in [6, 6.07) is 5.52. The van der Waals surface area contributed by atoms with Crippen molar-refractivity contribution in [2.75, 3.05) is 18.7 Å². The van der Waals surface area contributed by atoms with E-state index >= 15 is 0 Å². The van der Waals surface area contributed by atoms with Crippen molar-refractivity contribution in [1.82, 2.24) is 15.3 Å². The third kappa shape index (κ3) is 3.68. The molecule has 0 spiro atoms. The van der Waals surface area contributed by atoms with Crippen LogP contribution in [-0.2, 0) is 0 Å². The number of anilines is 2. The number of unbranched alkanes of at least 4 members (excludes halogenated alkanes) is 1. The van der Waals surface area contributed by atoms with E-state index < -0.39 is 0 Å². The Hall–Kier alpha value is -2.83. The van der Waals surface area contributed by atoms with Crippen molar-refractivity contribution in [3.8, 4) is 11.5 Å². The summed E-state index contributed by atoms with van der Waals surface area (Å²) >= 11 is 0. The molecule has 0 saturated carbocycles. The summed E-state index contributed by atoms with van der Waals surface area (Å²) in [5.41, 5.74) is 1.11. The Morgan fingerprint density at radius 3 is 2.87 bits per heavy atom. The van der Waals surface area contributed by atoms with Crippen molar-refractivity contribution in [2.24, 2.45) is 0 Å². The van der Waals surface area contributed by atoms with Crippen LogP contribution in [0, 0.1) is 0 Å². The fourth-order valence-electron chi connectivity index (χ4n) is 2.10. The molecule has 0 atom stereocenters. The molecule has 2 aromatic rings. The lowest BCUT2D eigenvalue weighted by molar-refractivity contribution is 0.0948. The number of nitrogens with zero attached hydrogens (tertiary/aromatic N) is 2. The lowest BCUT2D eigenvalue weighted by Gasteiger charge is -2.07. The summed E-state index contributed by atoms with van der Waals surface area (Å²) in [5, 5.41) is 5.92. The van der Waals surface area contributed by atoms with E-state index in [1.165, 1.54) is 12.4 Å². The highest BCUT2D eigenvalue weighted by Crippen LogP contribution is 2.34. The van der Waals surface area contributed by atoms with Crippen molar-refractivity contribution in [3.05, 3.63) is 36.3 Å². The largest absolute Gasteiger partial charge is 0.454 e. The molecule has 1 aliphatic heterocycles. The summed E-state index contributed by atoms with van der Waals surface area (Å²) in [7, 11) is 0. The van der Waals surface area contributed by atoms with Gasteiger partial charge in [0.05, 0.1) is 12.4 Å². The molecule has 3 rings (SSSR count). The van der Waals surface area contributed by atoms with E-state index in [1.807, 2.05) is 18.2 Å². The number of amides is 1. The molecule has 0 aliphatic carbocycles. The average Bonchev–Trinajstić information content (AvgIpc) is 3.03. The molecule has 0 unspecified atom stereocenters. The number of aromatic nitrogens is 2. The Morgan fingerprint density at radius 1 is 1.22 bits per heavy atom. The number of carbonyl (C=O) groups excluding carboxylic acids is 1. The molecule has 2 N–H and O–H groups in total. The molecule has 0 saturated heterocycles. The van der Waals surface area contributed by atoms with Crippen LogP contribution in [0.15, 0.2) is 30.6 Å². The molecule has 1 aromatic heterocycles. The molecule has 120 valence electrons. The highest BCUT2D eigenvalue weighted by molar-refractivity contribution is 5.92. The van der Waals surface area contributed by atoms with E-state index in [9.17, 15) is 4.79 Å². The van der Waals surface area contributed by atoms with Gasteiger partial charge >= 0.3 is 0 Å². The van der Waals surface area contributed by atoms with Crippen molar-refractivity contribution < 1.29 is 14.3 Å². The Morgan fingerprint density at radius 2 is 2.09 bits per heavy atom. The van der Waals surface area contributed by atoms with Crippen molar-refractivity contribution in [2.45, 2.75) is 19.8 Å².